The van der Waals surface area contributed by atoms with Crippen molar-refractivity contribution in [3.05, 3.63) is 59.7 Å². The smallest absolute Gasteiger partial charge is 0.407 e. The minimum absolute atomic E-state index is 0.0203. The predicted molar refractivity (Wildman–Crippen MR) is 124 cm³/mol. The van der Waals surface area contributed by atoms with Crippen molar-refractivity contribution < 1.29 is 24.2 Å². The molecule has 1 aliphatic heterocycles. The van der Waals surface area contributed by atoms with Crippen molar-refractivity contribution >= 4 is 18.0 Å². The fraction of sp³-hybridized carbons (Fsp3) is 0.423. The Morgan fingerprint density at radius 2 is 1.55 bits per heavy atom. The summed E-state index contributed by atoms with van der Waals surface area (Å²) in [5.41, 5.74) is 4.63. The number of alkyl carbamates (subject to hydrolysis) is 1. The van der Waals surface area contributed by atoms with Gasteiger partial charge in [-0.1, -0.05) is 55.5 Å². The van der Waals surface area contributed by atoms with Gasteiger partial charge in [0.25, 0.3) is 0 Å². The third kappa shape index (κ3) is 4.72. The monoisotopic (exact) mass is 450 g/mol. The van der Waals surface area contributed by atoms with Crippen LogP contribution in [0, 0.1) is 11.8 Å². The number of carboxylic acids is 1. The van der Waals surface area contributed by atoms with Crippen LogP contribution in [0.25, 0.3) is 11.1 Å². The van der Waals surface area contributed by atoms with Crippen molar-refractivity contribution in [1.29, 1.82) is 0 Å². The van der Waals surface area contributed by atoms with E-state index in [0.29, 0.717) is 25.9 Å². The number of fused-ring (bicyclic) bond motifs is 3. The maximum absolute atomic E-state index is 12.8. The van der Waals surface area contributed by atoms with Crippen LogP contribution in [0.1, 0.15) is 43.7 Å². The average molecular weight is 451 g/mol. The number of nitrogens with one attached hydrogen (secondary N) is 1. The molecule has 33 heavy (non-hydrogen) atoms. The maximum atomic E-state index is 12.8. The molecule has 1 aliphatic carbocycles. The molecule has 0 saturated carbocycles. The molecule has 2 atom stereocenters. The summed E-state index contributed by atoms with van der Waals surface area (Å²) in [5.74, 6) is -1.73. The second kappa shape index (κ2) is 9.65. The molecule has 174 valence electrons. The lowest BCUT2D eigenvalue weighted by molar-refractivity contribution is -0.146. The van der Waals surface area contributed by atoms with Crippen molar-refractivity contribution in [2.24, 2.45) is 11.8 Å². The van der Waals surface area contributed by atoms with Gasteiger partial charge in [0, 0.05) is 25.0 Å². The highest BCUT2D eigenvalue weighted by atomic mass is 16.5. The van der Waals surface area contributed by atoms with Gasteiger partial charge in [-0.2, -0.15) is 0 Å². The molecule has 2 unspecified atom stereocenters. The van der Waals surface area contributed by atoms with E-state index < -0.39 is 24.0 Å². The molecule has 7 heteroatoms. The zero-order valence-corrected chi connectivity index (χ0v) is 19.0. The molecule has 2 aliphatic rings. The van der Waals surface area contributed by atoms with E-state index in [2.05, 4.69) is 29.6 Å². The van der Waals surface area contributed by atoms with Crippen LogP contribution in [-0.2, 0) is 14.3 Å². The molecular weight excluding hydrogens is 420 g/mol. The number of hydrogen-bond donors (Lipinski definition) is 2. The number of carbonyl (C=O) groups excluding carboxylic acids is 2. The molecule has 2 aromatic rings. The molecule has 1 heterocycles. The first-order valence-electron chi connectivity index (χ1n) is 11.5. The lowest BCUT2D eigenvalue weighted by atomic mass is 9.95. The molecule has 1 saturated heterocycles. The van der Waals surface area contributed by atoms with Gasteiger partial charge in [0.1, 0.15) is 6.61 Å². The number of carbonyl (C=O) groups is 3. The average Bonchev–Trinajstić information content (AvgIpc) is 3.15. The fourth-order valence-corrected chi connectivity index (χ4v) is 4.80. The third-order valence-corrected chi connectivity index (χ3v) is 6.98. The number of carboxylic acid groups (broad SMARTS) is 1. The van der Waals surface area contributed by atoms with Crippen LogP contribution in [0.3, 0.4) is 0 Å². The quantitative estimate of drug-likeness (QED) is 0.697. The molecule has 2 N–H and O–H groups in total. The first kappa shape index (κ1) is 22.8. The number of aliphatic carboxylic acids is 1. The number of piperidine rings is 1. The fourth-order valence-electron chi connectivity index (χ4n) is 4.80. The predicted octanol–water partition coefficient (Wildman–Crippen LogP) is 3.87. The zero-order chi connectivity index (χ0) is 23.5. The van der Waals surface area contributed by atoms with Gasteiger partial charge in [0.15, 0.2) is 0 Å². The topological polar surface area (TPSA) is 95.9 Å². The molecule has 7 nitrogen and oxygen atoms in total. The lowest BCUT2D eigenvalue weighted by Crippen LogP contribution is -2.48. The van der Waals surface area contributed by atoms with E-state index in [-0.39, 0.29) is 24.3 Å². The molecule has 4 rings (SSSR count). The Morgan fingerprint density at radius 3 is 2.09 bits per heavy atom. The first-order chi connectivity index (χ1) is 15.9. The number of rotatable bonds is 6. The molecule has 0 radical (unpaired) electrons. The second-order valence-corrected chi connectivity index (χ2v) is 8.99. The first-order valence-corrected chi connectivity index (χ1v) is 11.5. The van der Waals surface area contributed by atoms with Gasteiger partial charge in [-0.25, -0.2) is 4.79 Å². The van der Waals surface area contributed by atoms with Gasteiger partial charge in [-0.3, -0.25) is 9.59 Å². The Hall–Kier alpha value is -3.35. The Bertz CT molecular complexity index is 999. The minimum atomic E-state index is -0.805. The molecule has 1 fully saturated rings. The largest absolute Gasteiger partial charge is 0.481 e. The second-order valence-electron chi connectivity index (χ2n) is 8.99. The summed E-state index contributed by atoms with van der Waals surface area (Å²) in [4.78, 5) is 38.2. The summed E-state index contributed by atoms with van der Waals surface area (Å²) in [6.07, 6.45) is 0.373. The van der Waals surface area contributed by atoms with Gasteiger partial charge < -0.3 is 20.1 Å². The molecule has 0 bridgehead atoms. The molecule has 2 aromatic carbocycles. The van der Waals surface area contributed by atoms with Crippen LogP contribution in [-0.4, -0.2) is 53.7 Å². The van der Waals surface area contributed by atoms with Gasteiger partial charge >= 0.3 is 12.1 Å². The van der Waals surface area contributed by atoms with E-state index in [0.717, 1.165) is 11.1 Å². The van der Waals surface area contributed by atoms with Crippen LogP contribution in [0.5, 0.6) is 0 Å². The Kier molecular flexibility index (Phi) is 6.67. The van der Waals surface area contributed by atoms with Crippen molar-refractivity contribution in [1.82, 2.24) is 10.2 Å². The molecule has 0 spiro atoms. The van der Waals surface area contributed by atoms with E-state index >= 15 is 0 Å². The minimum Gasteiger partial charge on any atom is -0.481 e. The summed E-state index contributed by atoms with van der Waals surface area (Å²) in [7, 11) is 0. The number of ether oxygens (including phenoxy) is 1. The highest BCUT2D eigenvalue weighted by molar-refractivity contribution is 5.81. The lowest BCUT2D eigenvalue weighted by Gasteiger charge is -2.33. The summed E-state index contributed by atoms with van der Waals surface area (Å²) in [6.45, 7) is 4.64. The normalized spacial score (nSPS) is 17.6. The van der Waals surface area contributed by atoms with Gasteiger partial charge in [-0.15, -0.1) is 0 Å². The van der Waals surface area contributed by atoms with Crippen molar-refractivity contribution in [3.63, 3.8) is 0 Å². The van der Waals surface area contributed by atoms with Crippen LogP contribution in [0.4, 0.5) is 4.79 Å². The summed E-state index contributed by atoms with van der Waals surface area (Å²) < 4.78 is 5.59. The number of hydrogen-bond acceptors (Lipinski definition) is 4. The van der Waals surface area contributed by atoms with Crippen molar-refractivity contribution in [2.45, 2.75) is 38.6 Å². The van der Waals surface area contributed by atoms with E-state index in [1.54, 1.807) is 18.7 Å². The summed E-state index contributed by atoms with van der Waals surface area (Å²) in [5, 5.41) is 11.9. The number of nitrogens with zero attached hydrogens (tertiary/aromatic N) is 1. The SMILES string of the molecule is CC(NC(=O)OCC1c2ccccc2-c2ccccc21)C(C)C(=O)N1CCC(C(=O)O)CC1. The van der Waals surface area contributed by atoms with Crippen LogP contribution in [0.15, 0.2) is 48.5 Å². The van der Waals surface area contributed by atoms with Gasteiger partial charge in [0.05, 0.1) is 11.8 Å². The zero-order valence-electron chi connectivity index (χ0n) is 19.0. The highest BCUT2D eigenvalue weighted by Gasteiger charge is 2.32. The Labute approximate surface area is 193 Å². The van der Waals surface area contributed by atoms with E-state index in [9.17, 15) is 14.4 Å². The molecule has 0 aromatic heterocycles. The van der Waals surface area contributed by atoms with E-state index in [1.165, 1.54) is 11.1 Å². The summed E-state index contributed by atoms with van der Waals surface area (Å²) in [6, 6.07) is 15.9. The Morgan fingerprint density at radius 1 is 1.00 bits per heavy atom. The van der Waals surface area contributed by atoms with E-state index in [1.807, 2.05) is 24.3 Å². The van der Waals surface area contributed by atoms with Gasteiger partial charge in [-0.05, 0) is 42.0 Å². The standard InChI is InChI=1S/C26H30N2O5/c1-16(24(29)28-13-11-18(12-14-28)25(30)31)17(2)27-26(32)33-15-23-21-9-5-3-7-19(21)20-8-4-6-10-22(20)23/h3-10,16-18,23H,11-15H2,1-2H3,(H,27,32)(H,30,31). The Balaban J connectivity index is 1.31. The molecule has 2 amide bonds. The maximum Gasteiger partial charge on any atom is 0.407 e. The van der Waals surface area contributed by atoms with Crippen molar-refractivity contribution in [2.75, 3.05) is 19.7 Å². The van der Waals surface area contributed by atoms with E-state index in [4.69, 9.17) is 9.84 Å². The van der Waals surface area contributed by atoms with Crippen LogP contribution < -0.4 is 5.32 Å². The highest BCUT2D eigenvalue weighted by Crippen LogP contribution is 2.44. The van der Waals surface area contributed by atoms with Crippen LogP contribution in [0.2, 0.25) is 0 Å². The van der Waals surface area contributed by atoms with Gasteiger partial charge in [0.2, 0.25) is 5.91 Å². The number of benzene rings is 2. The number of likely N-dealkylation sites (tertiary alicyclic amines) is 1. The van der Waals surface area contributed by atoms with Crippen LogP contribution >= 0.6 is 0 Å². The molecular formula is C26H30N2O5. The van der Waals surface area contributed by atoms with Crippen molar-refractivity contribution in [3.8, 4) is 11.1 Å². The third-order valence-electron chi connectivity index (χ3n) is 6.98. The summed E-state index contributed by atoms with van der Waals surface area (Å²) >= 11 is 0. The number of amides is 2.